The molecule has 30 heavy (non-hydrogen) atoms. The number of hydrogen-bond acceptors (Lipinski definition) is 6. The van der Waals surface area contributed by atoms with Crippen molar-refractivity contribution < 1.29 is 13.9 Å². The molecule has 7 heteroatoms. The predicted molar refractivity (Wildman–Crippen MR) is 116 cm³/mol. The first-order valence-corrected chi connectivity index (χ1v) is 10.5. The van der Waals surface area contributed by atoms with Crippen LogP contribution >= 0.6 is 11.3 Å². The highest BCUT2D eigenvalue weighted by Gasteiger charge is 2.44. The number of carbonyl (C=O) groups is 1. The van der Waals surface area contributed by atoms with E-state index in [2.05, 4.69) is 4.98 Å². The van der Waals surface area contributed by atoms with Gasteiger partial charge in [0.1, 0.15) is 11.3 Å². The third-order valence-electron chi connectivity index (χ3n) is 5.16. The lowest BCUT2D eigenvalue weighted by Gasteiger charge is -2.22. The van der Waals surface area contributed by atoms with E-state index >= 15 is 0 Å². The number of hydrogen-bond donors (Lipinski definition) is 0. The molecule has 0 radical (unpaired) electrons. The molecule has 150 valence electrons. The fourth-order valence-corrected chi connectivity index (χ4v) is 4.51. The predicted octanol–water partition coefficient (Wildman–Crippen LogP) is 4.71. The van der Waals surface area contributed by atoms with Crippen LogP contribution in [-0.2, 0) is 0 Å². The molecular weight excluding hydrogens is 400 g/mol. The highest BCUT2D eigenvalue weighted by molar-refractivity contribution is 7.13. The summed E-state index contributed by atoms with van der Waals surface area (Å²) in [6.07, 6.45) is 1.64. The first-order chi connectivity index (χ1) is 14.6. The molecule has 0 N–H and O–H groups in total. The van der Waals surface area contributed by atoms with Crippen LogP contribution < -0.4 is 15.1 Å². The highest BCUT2D eigenvalue weighted by atomic mass is 32.1. The van der Waals surface area contributed by atoms with Crippen LogP contribution in [0.25, 0.3) is 11.0 Å². The van der Waals surface area contributed by atoms with Crippen LogP contribution in [0.15, 0.2) is 63.3 Å². The van der Waals surface area contributed by atoms with Gasteiger partial charge in [-0.2, -0.15) is 0 Å². The highest BCUT2D eigenvalue weighted by Crippen LogP contribution is 2.42. The number of rotatable bonds is 4. The van der Waals surface area contributed by atoms with Gasteiger partial charge in [0.15, 0.2) is 10.6 Å². The molecule has 6 nitrogen and oxygen atoms in total. The van der Waals surface area contributed by atoms with Gasteiger partial charge in [0.05, 0.1) is 23.6 Å². The van der Waals surface area contributed by atoms with E-state index in [0.717, 1.165) is 16.9 Å². The molecule has 4 aromatic rings. The molecule has 0 saturated heterocycles. The number of benzene rings is 2. The molecule has 5 rings (SSSR count). The van der Waals surface area contributed by atoms with Gasteiger partial charge in [0.25, 0.3) is 5.91 Å². The molecule has 3 heterocycles. The Bertz CT molecular complexity index is 1310. The number of anilines is 1. The summed E-state index contributed by atoms with van der Waals surface area (Å²) in [4.78, 5) is 32.7. The summed E-state index contributed by atoms with van der Waals surface area (Å²) >= 11 is 1.34. The Morgan fingerprint density at radius 2 is 1.97 bits per heavy atom. The monoisotopic (exact) mass is 418 g/mol. The van der Waals surface area contributed by atoms with Crippen molar-refractivity contribution in [2.45, 2.75) is 19.9 Å². The Kier molecular flexibility index (Phi) is 4.40. The fourth-order valence-electron chi connectivity index (χ4n) is 3.85. The Balaban J connectivity index is 1.76. The van der Waals surface area contributed by atoms with Crippen LogP contribution in [0.2, 0.25) is 0 Å². The van der Waals surface area contributed by atoms with E-state index in [9.17, 15) is 9.59 Å². The maximum Gasteiger partial charge on any atom is 0.297 e. The van der Waals surface area contributed by atoms with Crippen LogP contribution in [0.3, 0.4) is 0 Å². The second-order valence-electron chi connectivity index (χ2n) is 7.07. The molecular formula is C23H18N2O4S. The average Bonchev–Trinajstić information content (AvgIpc) is 3.36. The van der Waals surface area contributed by atoms with Crippen LogP contribution in [0.4, 0.5) is 5.13 Å². The Hall–Kier alpha value is -3.45. The minimum atomic E-state index is -0.615. The van der Waals surface area contributed by atoms with Crippen molar-refractivity contribution in [3.05, 3.63) is 86.7 Å². The van der Waals surface area contributed by atoms with Gasteiger partial charge in [-0.3, -0.25) is 14.5 Å². The zero-order valence-corrected chi connectivity index (χ0v) is 17.2. The number of amides is 1. The Morgan fingerprint density at radius 3 is 2.67 bits per heavy atom. The molecule has 0 fully saturated rings. The molecule has 1 amide bonds. The van der Waals surface area contributed by atoms with E-state index < -0.39 is 6.04 Å². The van der Waals surface area contributed by atoms with Crippen LogP contribution in [0.5, 0.6) is 5.75 Å². The van der Waals surface area contributed by atoms with Gasteiger partial charge in [-0.05, 0) is 43.7 Å². The first-order valence-electron chi connectivity index (χ1n) is 9.61. The summed E-state index contributed by atoms with van der Waals surface area (Å²) < 4.78 is 11.5. The third kappa shape index (κ3) is 2.81. The van der Waals surface area contributed by atoms with E-state index in [1.807, 2.05) is 44.2 Å². The Labute approximate surface area is 176 Å². The van der Waals surface area contributed by atoms with Crippen LogP contribution in [0, 0.1) is 6.92 Å². The first kappa shape index (κ1) is 18.6. The van der Waals surface area contributed by atoms with E-state index in [0.29, 0.717) is 28.3 Å². The summed E-state index contributed by atoms with van der Waals surface area (Å²) in [7, 11) is 0. The van der Waals surface area contributed by atoms with E-state index in [4.69, 9.17) is 9.15 Å². The minimum Gasteiger partial charge on any atom is -0.494 e. The second-order valence-corrected chi connectivity index (χ2v) is 7.94. The molecule has 1 atom stereocenters. The molecule has 0 spiro atoms. The number of aromatic nitrogens is 1. The summed E-state index contributed by atoms with van der Waals surface area (Å²) in [5.74, 6) is 0.441. The van der Waals surface area contributed by atoms with Crippen molar-refractivity contribution in [3.63, 3.8) is 0 Å². The summed E-state index contributed by atoms with van der Waals surface area (Å²) in [6.45, 7) is 4.40. The number of fused-ring (bicyclic) bond motifs is 2. The van der Waals surface area contributed by atoms with Gasteiger partial charge in [-0.25, -0.2) is 4.98 Å². The maximum absolute atomic E-state index is 13.5. The second kappa shape index (κ2) is 7.11. The van der Waals surface area contributed by atoms with Gasteiger partial charge in [-0.15, -0.1) is 11.3 Å². The molecule has 1 aliphatic rings. The van der Waals surface area contributed by atoms with Crippen molar-refractivity contribution in [1.29, 1.82) is 0 Å². The number of thiazole rings is 1. The molecule has 1 aliphatic heterocycles. The van der Waals surface area contributed by atoms with Crippen molar-refractivity contribution in [2.75, 3.05) is 11.5 Å². The summed E-state index contributed by atoms with van der Waals surface area (Å²) in [5.41, 5.74) is 2.30. The smallest absolute Gasteiger partial charge is 0.297 e. The molecule has 0 bridgehead atoms. The van der Waals surface area contributed by atoms with Crippen molar-refractivity contribution in [3.8, 4) is 5.75 Å². The van der Waals surface area contributed by atoms with Gasteiger partial charge in [0, 0.05) is 11.6 Å². The lowest BCUT2D eigenvalue weighted by Crippen LogP contribution is -2.29. The fraction of sp³-hybridized carbons (Fsp3) is 0.174. The molecule has 0 aliphatic carbocycles. The van der Waals surface area contributed by atoms with Crippen LogP contribution in [-0.4, -0.2) is 17.5 Å². The number of aryl methyl sites for hydroxylation is 1. The Morgan fingerprint density at radius 1 is 1.17 bits per heavy atom. The number of ether oxygens (including phenoxy) is 1. The van der Waals surface area contributed by atoms with Crippen molar-refractivity contribution in [1.82, 2.24) is 4.98 Å². The summed E-state index contributed by atoms with van der Waals surface area (Å²) in [6, 6.07) is 12.2. The summed E-state index contributed by atoms with van der Waals surface area (Å²) in [5, 5.41) is 2.79. The molecule has 2 aromatic carbocycles. The molecule has 0 saturated carbocycles. The largest absolute Gasteiger partial charge is 0.494 e. The topological polar surface area (TPSA) is 72.6 Å². The minimum absolute atomic E-state index is 0.0745. The van der Waals surface area contributed by atoms with Gasteiger partial charge in [0.2, 0.25) is 5.76 Å². The van der Waals surface area contributed by atoms with Gasteiger partial charge >= 0.3 is 0 Å². The third-order valence-corrected chi connectivity index (χ3v) is 5.93. The molecule has 0 unspecified atom stereocenters. The van der Waals surface area contributed by atoms with Crippen molar-refractivity contribution in [2.24, 2.45) is 0 Å². The molecule has 2 aromatic heterocycles. The normalized spacial score (nSPS) is 15.6. The van der Waals surface area contributed by atoms with Gasteiger partial charge in [-0.1, -0.05) is 23.8 Å². The SMILES string of the molecule is CCOc1ccc([C@H]2c3c(oc4ccc(C)cc4c3=O)C(=O)N2c2nccs2)cc1. The number of nitrogens with zero attached hydrogens (tertiary/aromatic N) is 2. The van der Waals surface area contributed by atoms with Crippen molar-refractivity contribution >= 4 is 33.3 Å². The lowest BCUT2D eigenvalue weighted by atomic mass is 9.98. The van der Waals surface area contributed by atoms with E-state index in [-0.39, 0.29) is 17.1 Å². The maximum atomic E-state index is 13.5. The number of carbonyl (C=O) groups excluding carboxylic acids is 1. The average molecular weight is 418 g/mol. The zero-order valence-electron chi connectivity index (χ0n) is 16.4. The van der Waals surface area contributed by atoms with Crippen LogP contribution in [0.1, 0.15) is 40.2 Å². The van der Waals surface area contributed by atoms with E-state index in [1.165, 1.54) is 11.3 Å². The quantitative estimate of drug-likeness (QED) is 0.480. The standard InChI is InChI=1S/C23H18N2O4S/c1-3-28-15-7-5-14(6-8-15)19-18-20(26)16-12-13(2)4-9-17(16)29-21(18)22(27)25(19)23-24-10-11-30-23/h4-12,19H,3H2,1-2H3/t19-/m0/s1. The van der Waals surface area contributed by atoms with E-state index in [1.54, 1.807) is 28.6 Å². The lowest BCUT2D eigenvalue weighted by molar-refractivity contribution is 0.0971. The zero-order chi connectivity index (χ0) is 20.8. The van der Waals surface area contributed by atoms with Gasteiger partial charge < -0.3 is 9.15 Å².